The summed E-state index contributed by atoms with van der Waals surface area (Å²) in [6, 6.07) is 12.1. The summed E-state index contributed by atoms with van der Waals surface area (Å²) in [4.78, 5) is 4.82. The third-order valence-electron chi connectivity index (χ3n) is 5.22. The fourth-order valence-corrected chi connectivity index (χ4v) is 6.32. The largest absolute Gasteiger partial charge is 0.253 e. The van der Waals surface area contributed by atoms with Gasteiger partial charge in [-0.25, -0.2) is 13.4 Å². The van der Waals surface area contributed by atoms with Crippen LogP contribution in [0.1, 0.15) is 25.3 Å². The molecular weight excluding hydrogens is 487 g/mol. The molecule has 168 valence electrons. The first-order chi connectivity index (χ1) is 15.3. The summed E-state index contributed by atoms with van der Waals surface area (Å²) in [7, 11) is -3.52. The fraction of sp³-hybridized carbons (Fsp3) is 0.273. The smallest absolute Gasteiger partial charge is 0.243 e. The molecule has 0 amide bonds. The van der Waals surface area contributed by atoms with E-state index in [2.05, 4.69) is 22.4 Å². The van der Waals surface area contributed by atoms with E-state index in [0.717, 1.165) is 24.0 Å². The first kappa shape index (κ1) is 23.2. The number of hydrogen-bond acceptors (Lipinski definition) is 6. The second-order valence-electron chi connectivity index (χ2n) is 7.71. The lowest BCUT2D eigenvalue weighted by atomic mass is 10.0. The van der Waals surface area contributed by atoms with E-state index in [4.69, 9.17) is 23.2 Å². The Morgan fingerprint density at radius 2 is 2.09 bits per heavy atom. The minimum atomic E-state index is -3.52. The van der Waals surface area contributed by atoms with E-state index in [0.29, 0.717) is 44.8 Å². The highest BCUT2D eigenvalue weighted by Gasteiger charge is 2.28. The van der Waals surface area contributed by atoms with Crippen molar-refractivity contribution in [1.29, 1.82) is 0 Å². The van der Waals surface area contributed by atoms with Crippen molar-refractivity contribution in [1.82, 2.24) is 9.29 Å². The van der Waals surface area contributed by atoms with E-state index in [9.17, 15) is 8.42 Å². The van der Waals surface area contributed by atoms with Crippen LogP contribution in [0.4, 0.5) is 5.13 Å². The molecule has 0 radical (unpaired) electrons. The highest BCUT2D eigenvalue weighted by molar-refractivity contribution is 7.89. The number of halogens is 2. The predicted molar refractivity (Wildman–Crippen MR) is 132 cm³/mol. The van der Waals surface area contributed by atoms with Crippen molar-refractivity contribution in [3.8, 4) is 11.3 Å². The molecule has 0 bridgehead atoms. The molecule has 0 saturated carbocycles. The van der Waals surface area contributed by atoms with Crippen LogP contribution in [0.3, 0.4) is 0 Å². The highest BCUT2D eigenvalue weighted by Crippen LogP contribution is 2.29. The molecule has 32 heavy (non-hydrogen) atoms. The third kappa shape index (κ3) is 5.32. The summed E-state index contributed by atoms with van der Waals surface area (Å²) >= 11 is 13.4. The van der Waals surface area contributed by atoms with Crippen LogP contribution in [0.15, 0.2) is 57.8 Å². The molecule has 1 aliphatic heterocycles. The molecule has 1 saturated heterocycles. The number of rotatable bonds is 6. The summed E-state index contributed by atoms with van der Waals surface area (Å²) in [5.41, 5.74) is 5.04. The third-order valence-corrected chi connectivity index (χ3v) is 8.39. The first-order valence-corrected chi connectivity index (χ1v) is 13.2. The van der Waals surface area contributed by atoms with Crippen LogP contribution in [0.5, 0.6) is 0 Å². The Bertz CT molecular complexity index is 1240. The van der Waals surface area contributed by atoms with E-state index in [1.807, 2.05) is 11.4 Å². The van der Waals surface area contributed by atoms with Crippen LogP contribution < -0.4 is 5.43 Å². The SMILES string of the molecule is CC1CCCN(S(=O)(=O)c2cccc(-c3csc(NN=Cc4ccc(Cl)cc4Cl)n3)c2)C1. The van der Waals surface area contributed by atoms with Crippen molar-refractivity contribution >= 4 is 55.9 Å². The second-order valence-corrected chi connectivity index (χ2v) is 11.4. The molecule has 0 aliphatic carbocycles. The van der Waals surface area contributed by atoms with Crippen LogP contribution in [0, 0.1) is 5.92 Å². The zero-order valence-corrected chi connectivity index (χ0v) is 20.5. The highest BCUT2D eigenvalue weighted by atomic mass is 35.5. The molecule has 1 unspecified atom stereocenters. The standard InChI is InChI=1S/C22H22Cl2N4O2S2/c1-15-4-3-9-28(13-15)32(29,30)19-6-2-5-16(10-19)21-14-31-22(26-21)27-25-12-17-7-8-18(23)11-20(17)24/h2,5-8,10-12,14-15H,3-4,9,13H2,1H3,(H,26,27). The molecular formula is C22H22Cl2N4O2S2. The summed E-state index contributed by atoms with van der Waals surface area (Å²) in [5.74, 6) is 0.372. The van der Waals surface area contributed by atoms with Gasteiger partial charge in [-0.05, 0) is 43.0 Å². The van der Waals surface area contributed by atoms with Gasteiger partial charge in [0.1, 0.15) is 0 Å². The molecule has 10 heteroatoms. The van der Waals surface area contributed by atoms with Crippen molar-refractivity contribution in [3.63, 3.8) is 0 Å². The molecule has 4 rings (SSSR count). The number of benzene rings is 2. The maximum atomic E-state index is 13.1. The molecule has 6 nitrogen and oxygen atoms in total. The predicted octanol–water partition coefficient (Wildman–Crippen LogP) is 5.98. The lowest BCUT2D eigenvalue weighted by molar-refractivity contribution is 0.281. The van der Waals surface area contributed by atoms with Crippen LogP contribution in [-0.2, 0) is 10.0 Å². The molecule has 1 aromatic heterocycles. The van der Waals surface area contributed by atoms with Gasteiger partial charge >= 0.3 is 0 Å². The van der Waals surface area contributed by atoms with E-state index >= 15 is 0 Å². The Morgan fingerprint density at radius 1 is 1.25 bits per heavy atom. The topological polar surface area (TPSA) is 74.7 Å². The molecule has 1 atom stereocenters. The zero-order valence-electron chi connectivity index (χ0n) is 17.3. The summed E-state index contributed by atoms with van der Waals surface area (Å²) in [5, 5.41) is 7.69. The van der Waals surface area contributed by atoms with Gasteiger partial charge in [0.15, 0.2) is 0 Å². The summed E-state index contributed by atoms with van der Waals surface area (Å²) < 4.78 is 27.8. The number of sulfonamides is 1. The Kier molecular flexibility index (Phi) is 7.17. The number of anilines is 1. The van der Waals surface area contributed by atoms with Gasteiger partial charge in [0, 0.05) is 34.6 Å². The number of aromatic nitrogens is 1. The van der Waals surface area contributed by atoms with E-state index in [-0.39, 0.29) is 0 Å². The number of hydrogen-bond donors (Lipinski definition) is 1. The van der Waals surface area contributed by atoms with Gasteiger partial charge in [0.05, 0.1) is 21.8 Å². The van der Waals surface area contributed by atoms with Gasteiger partial charge in [0.2, 0.25) is 15.2 Å². The number of hydrazone groups is 1. The lowest BCUT2D eigenvalue weighted by Crippen LogP contribution is -2.39. The van der Waals surface area contributed by atoms with Crippen molar-refractivity contribution < 1.29 is 8.42 Å². The Balaban J connectivity index is 1.49. The number of nitrogens with zero attached hydrogens (tertiary/aromatic N) is 3. The Hall–Kier alpha value is -1.97. The first-order valence-electron chi connectivity index (χ1n) is 10.1. The van der Waals surface area contributed by atoms with Crippen LogP contribution in [-0.4, -0.2) is 37.0 Å². The molecule has 2 heterocycles. The number of nitrogens with one attached hydrogen (secondary N) is 1. The van der Waals surface area contributed by atoms with Crippen LogP contribution in [0.2, 0.25) is 10.0 Å². The van der Waals surface area contributed by atoms with Gasteiger partial charge in [-0.3, -0.25) is 5.43 Å². The van der Waals surface area contributed by atoms with E-state index in [1.165, 1.54) is 11.3 Å². The number of piperidine rings is 1. The molecule has 1 N–H and O–H groups in total. The molecule has 0 spiro atoms. The number of thiazole rings is 1. The molecule has 1 aliphatic rings. The Labute approximate surface area is 201 Å². The quantitative estimate of drug-likeness (QED) is 0.328. The minimum absolute atomic E-state index is 0.294. The van der Waals surface area contributed by atoms with Gasteiger partial charge < -0.3 is 0 Å². The van der Waals surface area contributed by atoms with Crippen LogP contribution >= 0.6 is 34.5 Å². The van der Waals surface area contributed by atoms with Gasteiger partial charge in [0.25, 0.3) is 0 Å². The van der Waals surface area contributed by atoms with Crippen molar-refractivity contribution in [2.24, 2.45) is 11.0 Å². The zero-order chi connectivity index (χ0) is 22.7. The fourth-order valence-electron chi connectivity index (χ4n) is 3.55. The van der Waals surface area contributed by atoms with E-state index in [1.54, 1.807) is 46.9 Å². The average molecular weight is 509 g/mol. The normalized spacial score (nSPS) is 17.7. The molecule has 2 aromatic carbocycles. The van der Waals surface area contributed by atoms with Crippen molar-refractivity contribution in [3.05, 3.63) is 63.5 Å². The van der Waals surface area contributed by atoms with Crippen LogP contribution in [0.25, 0.3) is 11.3 Å². The average Bonchev–Trinajstić information content (AvgIpc) is 3.24. The van der Waals surface area contributed by atoms with Crippen molar-refractivity contribution in [2.45, 2.75) is 24.7 Å². The van der Waals surface area contributed by atoms with Gasteiger partial charge in [-0.2, -0.15) is 9.41 Å². The monoisotopic (exact) mass is 508 g/mol. The maximum Gasteiger partial charge on any atom is 0.243 e. The van der Waals surface area contributed by atoms with Gasteiger partial charge in [-0.1, -0.05) is 48.3 Å². The van der Waals surface area contributed by atoms with E-state index < -0.39 is 10.0 Å². The summed E-state index contributed by atoms with van der Waals surface area (Å²) in [6.07, 6.45) is 3.54. The van der Waals surface area contributed by atoms with Gasteiger partial charge in [-0.15, -0.1) is 11.3 Å². The lowest BCUT2D eigenvalue weighted by Gasteiger charge is -2.30. The minimum Gasteiger partial charge on any atom is -0.253 e. The van der Waals surface area contributed by atoms with Crippen molar-refractivity contribution in [2.75, 3.05) is 18.5 Å². The second kappa shape index (κ2) is 9.89. The molecule has 3 aromatic rings. The maximum absolute atomic E-state index is 13.1. The Morgan fingerprint density at radius 3 is 2.88 bits per heavy atom. The summed E-state index contributed by atoms with van der Waals surface area (Å²) in [6.45, 7) is 3.22. The molecule has 1 fully saturated rings.